The zero-order chi connectivity index (χ0) is 23.5. The minimum atomic E-state index is -0.765. The third-order valence-electron chi connectivity index (χ3n) is 5.70. The monoisotopic (exact) mass is 450 g/mol. The van der Waals surface area contributed by atoms with Crippen molar-refractivity contribution in [1.29, 1.82) is 0 Å². The molecule has 0 aliphatic heterocycles. The van der Waals surface area contributed by atoms with Crippen LogP contribution in [-0.2, 0) is 22.7 Å². The van der Waals surface area contributed by atoms with E-state index in [1.807, 2.05) is 72.8 Å². The van der Waals surface area contributed by atoms with Crippen molar-refractivity contribution in [3.8, 4) is 0 Å². The zero-order valence-electron chi connectivity index (χ0n) is 18.2. The molecule has 168 valence electrons. The molecular formula is C26H22N6O2. The Kier molecular flexibility index (Phi) is 5.61. The van der Waals surface area contributed by atoms with Crippen LogP contribution in [0, 0.1) is 0 Å². The van der Waals surface area contributed by atoms with Crippen molar-refractivity contribution in [2.75, 3.05) is 11.1 Å². The number of benzene rings is 3. The van der Waals surface area contributed by atoms with Crippen molar-refractivity contribution in [2.24, 2.45) is 0 Å². The fraction of sp³-hybridized carbons (Fsp3) is 0.0769. The summed E-state index contributed by atoms with van der Waals surface area (Å²) in [4.78, 5) is 32.1. The summed E-state index contributed by atoms with van der Waals surface area (Å²) < 4.78 is 0. The summed E-state index contributed by atoms with van der Waals surface area (Å²) in [5, 5.41) is 12.1. The molecule has 8 heteroatoms. The lowest BCUT2D eigenvalue weighted by Gasteiger charge is -2.23. The van der Waals surface area contributed by atoms with E-state index in [2.05, 4.69) is 20.5 Å². The van der Waals surface area contributed by atoms with Crippen LogP contribution >= 0.6 is 0 Å². The number of nitrogen functional groups attached to an aromatic ring is 1. The first-order chi connectivity index (χ1) is 16.6. The van der Waals surface area contributed by atoms with Crippen LogP contribution in [0.25, 0.3) is 21.7 Å². The average molecular weight is 451 g/mol. The van der Waals surface area contributed by atoms with Gasteiger partial charge in [-0.15, -0.1) is 0 Å². The summed E-state index contributed by atoms with van der Waals surface area (Å²) in [5.74, 6) is -1.13. The second kappa shape index (κ2) is 9.03. The Hall–Kier alpha value is -4.72. The molecule has 5 rings (SSSR count). The van der Waals surface area contributed by atoms with Crippen LogP contribution in [0.15, 0.2) is 85.2 Å². The number of aromatic nitrogens is 3. The van der Waals surface area contributed by atoms with E-state index in [4.69, 9.17) is 5.73 Å². The molecule has 2 aromatic heterocycles. The summed E-state index contributed by atoms with van der Waals surface area (Å²) in [5.41, 5.74) is 8.60. The van der Waals surface area contributed by atoms with E-state index < -0.39 is 11.8 Å². The Balaban J connectivity index is 1.45. The van der Waals surface area contributed by atoms with Gasteiger partial charge >= 0.3 is 11.8 Å². The highest BCUT2D eigenvalue weighted by Crippen LogP contribution is 2.25. The van der Waals surface area contributed by atoms with E-state index in [9.17, 15) is 9.59 Å². The zero-order valence-corrected chi connectivity index (χ0v) is 18.2. The van der Waals surface area contributed by atoms with Crippen LogP contribution < -0.4 is 11.1 Å². The Bertz CT molecular complexity index is 1490. The number of fused-ring (bicyclic) bond motifs is 2. The van der Waals surface area contributed by atoms with Crippen LogP contribution in [0.2, 0.25) is 0 Å². The quantitative estimate of drug-likeness (QED) is 0.352. The number of carbonyl (C=O) groups is 2. The maximum atomic E-state index is 13.4. The number of H-pyrrole nitrogens is 1. The molecular weight excluding hydrogens is 428 g/mol. The summed E-state index contributed by atoms with van der Waals surface area (Å²) >= 11 is 0. The van der Waals surface area contributed by atoms with Gasteiger partial charge in [-0.05, 0) is 21.9 Å². The van der Waals surface area contributed by atoms with Crippen molar-refractivity contribution >= 4 is 45.0 Å². The largest absolute Gasteiger partial charge is 0.383 e. The van der Waals surface area contributed by atoms with Crippen molar-refractivity contribution in [3.63, 3.8) is 0 Å². The van der Waals surface area contributed by atoms with Crippen LogP contribution in [-0.4, -0.2) is 31.9 Å². The minimum absolute atomic E-state index is 0.280. The van der Waals surface area contributed by atoms with Gasteiger partial charge in [0.05, 0.1) is 29.0 Å². The van der Waals surface area contributed by atoms with Crippen LogP contribution in [0.3, 0.4) is 0 Å². The van der Waals surface area contributed by atoms with Gasteiger partial charge in [0.1, 0.15) is 5.82 Å². The lowest BCUT2D eigenvalue weighted by atomic mass is 10.0. The van der Waals surface area contributed by atoms with Gasteiger partial charge in [-0.3, -0.25) is 14.7 Å². The fourth-order valence-corrected chi connectivity index (χ4v) is 4.01. The highest BCUT2D eigenvalue weighted by Gasteiger charge is 2.24. The SMILES string of the molecule is Nc1ncc(NC(=O)C(=O)N(Cc2ccccc2)Cc2cccc3ccccc23)c2[nH]ncc12. The van der Waals surface area contributed by atoms with Gasteiger partial charge in [0, 0.05) is 13.1 Å². The van der Waals surface area contributed by atoms with Crippen molar-refractivity contribution in [2.45, 2.75) is 13.1 Å². The predicted molar refractivity (Wildman–Crippen MR) is 132 cm³/mol. The van der Waals surface area contributed by atoms with Gasteiger partial charge in [-0.25, -0.2) is 4.98 Å². The first-order valence-electron chi connectivity index (χ1n) is 10.8. The van der Waals surface area contributed by atoms with E-state index in [0.29, 0.717) is 16.6 Å². The van der Waals surface area contributed by atoms with Crippen molar-refractivity contribution in [3.05, 3.63) is 96.3 Å². The number of nitrogens with two attached hydrogens (primary N) is 1. The molecule has 0 atom stereocenters. The van der Waals surface area contributed by atoms with Gasteiger partial charge in [-0.2, -0.15) is 5.10 Å². The molecule has 0 spiro atoms. The third kappa shape index (κ3) is 4.16. The number of nitrogens with zero attached hydrogens (tertiary/aromatic N) is 3. The number of aromatic amines is 1. The molecule has 0 aliphatic rings. The molecule has 8 nitrogen and oxygen atoms in total. The molecule has 2 amide bonds. The number of rotatable bonds is 5. The molecule has 2 heterocycles. The Morgan fingerprint density at radius 1 is 0.882 bits per heavy atom. The van der Waals surface area contributed by atoms with E-state index in [-0.39, 0.29) is 18.9 Å². The molecule has 0 fully saturated rings. The van der Waals surface area contributed by atoms with E-state index in [0.717, 1.165) is 21.9 Å². The van der Waals surface area contributed by atoms with Crippen LogP contribution in [0.4, 0.5) is 11.5 Å². The van der Waals surface area contributed by atoms with Gasteiger partial charge in [0.25, 0.3) is 0 Å². The predicted octanol–water partition coefficient (Wildman–Crippen LogP) is 3.86. The number of anilines is 2. The molecule has 5 aromatic rings. The molecule has 4 N–H and O–H groups in total. The third-order valence-corrected chi connectivity index (χ3v) is 5.70. The number of carbonyl (C=O) groups excluding carboxylic acids is 2. The smallest absolute Gasteiger partial charge is 0.314 e. The van der Waals surface area contributed by atoms with Crippen LogP contribution in [0.5, 0.6) is 0 Å². The normalized spacial score (nSPS) is 10.9. The molecule has 0 saturated heterocycles. The Morgan fingerprint density at radius 2 is 1.65 bits per heavy atom. The van der Waals surface area contributed by atoms with E-state index in [1.165, 1.54) is 12.4 Å². The van der Waals surface area contributed by atoms with E-state index >= 15 is 0 Å². The fourth-order valence-electron chi connectivity index (χ4n) is 4.01. The lowest BCUT2D eigenvalue weighted by Crippen LogP contribution is -2.39. The first-order valence-corrected chi connectivity index (χ1v) is 10.8. The van der Waals surface area contributed by atoms with Crippen LogP contribution in [0.1, 0.15) is 11.1 Å². The van der Waals surface area contributed by atoms with Gasteiger partial charge in [-0.1, -0.05) is 72.8 Å². The number of pyridine rings is 1. The second-order valence-electron chi connectivity index (χ2n) is 7.96. The first kappa shape index (κ1) is 21.1. The van der Waals surface area contributed by atoms with Crippen molar-refractivity contribution < 1.29 is 9.59 Å². The van der Waals surface area contributed by atoms with Crippen molar-refractivity contribution in [1.82, 2.24) is 20.1 Å². The Morgan fingerprint density at radius 3 is 2.50 bits per heavy atom. The lowest BCUT2D eigenvalue weighted by molar-refractivity contribution is -0.144. The molecule has 0 saturated carbocycles. The number of hydrogen-bond donors (Lipinski definition) is 3. The summed E-state index contributed by atoms with van der Waals surface area (Å²) in [6.45, 7) is 0.567. The summed E-state index contributed by atoms with van der Waals surface area (Å²) in [7, 11) is 0. The van der Waals surface area contributed by atoms with E-state index in [1.54, 1.807) is 4.90 Å². The van der Waals surface area contributed by atoms with Gasteiger partial charge in [0.15, 0.2) is 0 Å². The number of hydrogen-bond acceptors (Lipinski definition) is 5. The molecule has 34 heavy (non-hydrogen) atoms. The molecule has 3 aromatic carbocycles. The summed E-state index contributed by atoms with van der Waals surface area (Å²) in [6.07, 6.45) is 2.94. The average Bonchev–Trinajstić information content (AvgIpc) is 3.37. The summed E-state index contributed by atoms with van der Waals surface area (Å²) in [6, 6.07) is 23.5. The molecule has 0 bridgehead atoms. The maximum absolute atomic E-state index is 13.4. The Labute approximate surface area is 195 Å². The second-order valence-corrected chi connectivity index (χ2v) is 7.96. The van der Waals surface area contributed by atoms with Gasteiger partial charge < -0.3 is 16.0 Å². The number of nitrogens with one attached hydrogen (secondary N) is 2. The molecule has 0 unspecified atom stereocenters. The molecule has 0 radical (unpaired) electrons. The number of amides is 2. The highest BCUT2D eigenvalue weighted by atomic mass is 16.2. The van der Waals surface area contributed by atoms with Gasteiger partial charge in [0.2, 0.25) is 0 Å². The minimum Gasteiger partial charge on any atom is -0.383 e. The molecule has 0 aliphatic carbocycles. The maximum Gasteiger partial charge on any atom is 0.314 e. The standard InChI is InChI=1S/C26H22N6O2/c27-24-21-13-29-31-23(21)22(14-28-24)30-25(33)26(34)32(15-17-7-2-1-3-8-17)16-19-11-6-10-18-9-4-5-12-20(18)19/h1-14H,15-16H2,(H2,27,28)(H,29,31)(H,30,33). The highest BCUT2D eigenvalue weighted by molar-refractivity contribution is 6.40. The topological polar surface area (TPSA) is 117 Å².